The van der Waals surface area contributed by atoms with Crippen LogP contribution in [0.25, 0.3) is 0 Å². The Morgan fingerprint density at radius 1 is 1.25 bits per heavy atom. The minimum atomic E-state index is -0.0738. The quantitative estimate of drug-likeness (QED) is 0.833. The van der Waals surface area contributed by atoms with E-state index in [-0.39, 0.29) is 12.1 Å². The zero-order valence-corrected chi connectivity index (χ0v) is 12.2. The predicted molar refractivity (Wildman–Crippen MR) is 81.5 cm³/mol. The van der Waals surface area contributed by atoms with E-state index in [9.17, 15) is 5.11 Å². The standard InChI is InChI=1S/C17H26N2O/c20-14-17(18-11-15-7-8-15)9-4-10-19(13-17)12-16-5-2-1-3-6-16/h1-3,5-6,15,18,20H,4,7-14H2. The number of piperidine rings is 1. The summed E-state index contributed by atoms with van der Waals surface area (Å²) in [5.74, 6) is 0.864. The summed E-state index contributed by atoms with van der Waals surface area (Å²) in [5.41, 5.74) is 1.29. The second kappa shape index (κ2) is 6.25. The third-order valence-corrected chi connectivity index (χ3v) is 4.67. The van der Waals surface area contributed by atoms with Gasteiger partial charge < -0.3 is 10.4 Å². The average Bonchev–Trinajstić information content (AvgIpc) is 3.31. The molecule has 2 N–H and O–H groups in total. The van der Waals surface area contributed by atoms with Crippen LogP contribution in [-0.2, 0) is 6.54 Å². The molecular formula is C17H26N2O. The first-order chi connectivity index (χ1) is 9.80. The van der Waals surface area contributed by atoms with Crippen LogP contribution in [0.5, 0.6) is 0 Å². The minimum absolute atomic E-state index is 0.0738. The van der Waals surface area contributed by atoms with Crippen molar-refractivity contribution < 1.29 is 5.11 Å². The van der Waals surface area contributed by atoms with E-state index >= 15 is 0 Å². The van der Waals surface area contributed by atoms with Crippen molar-refractivity contribution in [3.05, 3.63) is 35.9 Å². The van der Waals surface area contributed by atoms with Crippen molar-refractivity contribution in [1.82, 2.24) is 10.2 Å². The third-order valence-electron chi connectivity index (χ3n) is 4.67. The number of nitrogens with zero attached hydrogens (tertiary/aromatic N) is 1. The summed E-state index contributed by atoms with van der Waals surface area (Å²) in [5, 5.41) is 13.5. The molecule has 110 valence electrons. The smallest absolute Gasteiger partial charge is 0.0625 e. The van der Waals surface area contributed by atoms with Crippen LogP contribution >= 0.6 is 0 Å². The van der Waals surface area contributed by atoms with Crippen LogP contribution in [0.1, 0.15) is 31.2 Å². The molecule has 3 heteroatoms. The van der Waals surface area contributed by atoms with Crippen molar-refractivity contribution in [2.45, 2.75) is 37.8 Å². The van der Waals surface area contributed by atoms with Crippen molar-refractivity contribution in [1.29, 1.82) is 0 Å². The van der Waals surface area contributed by atoms with E-state index in [1.165, 1.54) is 24.8 Å². The van der Waals surface area contributed by atoms with Crippen molar-refractivity contribution in [3.63, 3.8) is 0 Å². The van der Waals surface area contributed by atoms with Gasteiger partial charge in [-0.15, -0.1) is 0 Å². The molecule has 0 radical (unpaired) electrons. The third kappa shape index (κ3) is 3.60. The van der Waals surface area contributed by atoms with Crippen molar-refractivity contribution in [2.75, 3.05) is 26.2 Å². The lowest BCUT2D eigenvalue weighted by Crippen LogP contribution is -2.59. The van der Waals surface area contributed by atoms with Gasteiger partial charge in [-0.3, -0.25) is 4.90 Å². The molecule has 2 fully saturated rings. The van der Waals surface area contributed by atoms with Gasteiger partial charge in [0.2, 0.25) is 0 Å². The van der Waals surface area contributed by atoms with Crippen LogP contribution in [0.3, 0.4) is 0 Å². The normalized spacial score (nSPS) is 27.6. The largest absolute Gasteiger partial charge is 0.394 e. The Kier molecular flexibility index (Phi) is 4.39. The van der Waals surface area contributed by atoms with Gasteiger partial charge in [-0.05, 0) is 50.3 Å². The molecule has 1 aliphatic heterocycles. The first kappa shape index (κ1) is 14.1. The number of likely N-dealkylation sites (tertiary alicyclic amines) is 1. The van der Waals surface area contributed by atoms with Crippen molar-refractivity contribution >= 4 is 0 Å². The fourth-order valence-corrected chi connectivity index (χ4v) is 3.22. The van der Waals surface area contributed by atoms with Gasteiger partial charge in [-0.25, -0.2) is 0 Å². The summed E-state index contributed by atoms with van der Waals surface area (Å²) < 4.78 is 0. The molecule has 0 bridgehead atoms. The minimum Gasteiger partial charge on any atom is -0.394 e. The molecule has 0 aromatic heterocycles. The Morgan fingerprint density at radius 2 is 2.05 bits per heavy atom. The number of nitrogens with one attached hydrogen (secondary N) is 1. The fraction of sp³-hybridized carbons (Fsp3) is 0.647. The molecule has 1 saturated carbocycles. The molecule has 1 atom stereocenters. The van der Waals surface area contributed by atoms with E-state index in [1.54, 1.807) is 0 Å². The predicted octanol–water partition coefficient (Wildman–Crippen LogP) is 2.01. The molecule has 1 aromatic carbocycles. The number of benzene rings is 1. The van der Waals surface area contributed by atoms with Gasteiger partial charge in [0.05, 0.1) is 12.1 Å². The van der Waals surface area contributed by atoms with E-state index in [4.69, 9.17) is 0 Å². The van der Waals surface area contributed by atoms with Crippen LogP contribution < -0.4 is 5.32 Å². The molecule has 0 spiro atoms. The summed E-state index contributed by atoms with van der Waals surface area (Å²) in [7, 11) is 0. The fourth-order valence-electron chi connectivity index (χ4n) is 3.22. The van der Waals surface area contributed by atoms with E-state index in [2.05, 4.69) is 40.5 Å². The van der Waals surface area contributed by atoms with Crippen LogP contribution in [0.4, 0.5) is 0 Å². The summed E-state index contributed by atoms with van der Waals surface area (Å²) in [6, 6.07) is 10.6. The van der Waals surface area contributed by atoms with E-state index in [1.807, 2.05) is 0 Å². The molecule has 1 heterocycles. The maximum atomic E-state index is 9.87. The van der Waals surface area contributed by atoms with Gasteiger partial charge in [0, 0.05) is 13.1 Å². The highest BCUT2D eigenvalue weighted by Crippen LogP contribution is 2.30. The molecule has 1 saturated heterocycles. The van der Waals surface area contributed by atoms with Crippen LogP contribution in [0.15, 0.2) is 30.3 Å². The second-order valence-corrected chi connectivity index (χ2v) is 6.56. The highest BCUT2D eigenvalue weighted by molar-refractivity contribution is 5.14. The van der Waals surface area contributed by atoms with Gasteiger partial charge in [0.25, 0.3) is 0 Å². The van der Waals surface area contributed by atoms with Crippen molar-refractivity contribution in [3.8, 4) is 0 Å². The van der Waals surface area contributed by atoms with Gasteiger partial charge in [0.1, 0.15) is 0 Å². The Balaban J connectivity index is 1.58. The Bertz CT molecular complexity index is 418. The van der Waals surface area contributed by atoms with Gasteiger partial charge in [-0.1, -0.05) is 30.3 Å². The molecule has 0 amide bonds. The Hall–Kier alpha value is -0.900. The number of hydrogen-bond acceptors (Lipinski definition) is 3. The summed E-state index contributed by atoms with van der Waals surface area (Å²) >= 11 is 0. The SMILES string of the molecule is OCC1(NCC2CC2)CCCN(Cc2ccccc2)C1. The first-order valence-electron chi connectivity index (χ1n) is 7.92. The molecule has 1 aromatic rings. The van der Waals surface area contributed by atoms with E-state index in [0.717, 1.165) is 38.5 Å². The van der Waals surface area contributed by atoms with Crippen LogP contribution in [0, 0.1) is 5.92 Å². The molecule has 3 nitrogen and oxygen atoms in total. The van der Waals surface area contributed by atoms with Gasteiger partial charge >= 0.3 is 0 Å². The lowest BCUT2D eigenvalue weighted by molar-refractivity contribution is 0.0628. The monoisotopic (exact) mass is 274 g/mol. The maximum absolute atomic E-state index is 9.87. The lowest BCUT2D eigenvalue weighted by atomic mass is 9.89. The van der Waals surface area contributed by atoms with Gasteiger partial charge in [-0.2, -0.15) is 0 Å². The molecule has 1 aliphatic carbocycles. The Labute approximate surface area is 122 Å². The second-order valence-electron chi connectivity index (χ2n) is 6.56. The van der Waals surface area contributed by atoms with E-state index in [0.29, 0.717) is 0 Å². The summed E-state index contributed by atoms with van der Waals surface area (Å²) in [6.07, 6.45) is 5.00. The zero-order chi connectivity index (χ0) is 13.8. The summed E-state index contributed by atoms with van der Waals surface area (Å²) in [6.45, 7) is 4.44. The molecule has 3 rings (SSSR count). The average molecular weight is 274 g/mol. The Morgan fingerprint density at radius 3 is 2.75 bits per heavy atom. The van der Waals surface area contributed by atoms with Crippen molar-refractivity contribution in [2.24, 2.45) is 5.92 Å². The van der Waals surface area contributed by atoms with Crippen LogP contribution in [-0.4, -0.2) is 41.8 Å². The number of hydrogen-bond donors (Lipinski definition) is 2. The molecular weight excluding hydrogens is 248 g/mol. The summed E-state index contributed by atoms with van der Waals surface area (Å²) in [4.78, 5) is 2.48. The topological polar surface area (TPSA) is 35.5 Å². The molecule has 1 unspecified atom stereocenters. The maximum Gasteiger partial charge on any atom is 0.0625 e. The highest BCUT2D eigenvalue weighted by Gasteiger charge is 2.36. The first-order valence-corrected chi connectivity index (χ1v) is 7.92. The number of rotatable bonds is 6. The number of aliphatic hydroxyl groups excluding tert-OH is 1. The zero-order valence-electron chi connectivity index (χ0n) is 12.2. The van der Waals surface area contributed by atoms with E-state index < -0.39 is 0 Å². The van der Waals surface area contributed by atoms with Crippen LogP contribution in [0.2, 0.25) is 0 Å². The van der Waals surface area contributed by atoms with Gasteiger partial charge in [0.15, 0.2) is 0 Å². The highest BCUT2D eigenvalue weighted by atomic mass is 16.3. The lowest BCUT2D eigenvalue weighted by Gasteiger charge is -2.42. The number of aliphatic hydroxyl groups is 1. The molecule has 2 aliphatic rings. The molecule has 20 heavy (non-hydrogen) atoms.